The molecule has 0 N–H and O–H groups in total. The Morgan fingerprint density at radius 3 is 0.716 bits per heavy atom. The van der Waals surface area contributed by atoms with Gasteiger partial charge in [0, 0.05) is 76.1 Å². The molecule has 141 heavy (non-hydrogen) atoms. The summed E-state index contributed by atoms with van der Waals surface area (Å²) in [6, 6.07) is 145. The summed E-state index contributed by atoms with van der Waals surface area (Å²) in [6.07, 6.45) is 10.8. The van der Waals surface area contributed by atoms with Crippen LogP contribution in [0.4, 0.5) is 0 Å². The van der Waals surface area contributed by atoms with Crippen LogP contribution < -0.4 is 0 Å². The number of carbonyl (C=O) groups excluding carboxylic acids is 1. The molecule has 0 fully saturated rings. The number of benzene rings is 12. The predicted octanol–water partition coefficient (Wildman–Crippen LogP) is 30.1. The molecule has 0 aliphatic carbocycles. The van der Waals surface area contributed by atoms with Crippen LogP contribution in [-0.4, -0.2) is 65.6 Å². The summed E-state index contributed by atoms with van der Waals surface area (Å²) >= 11 is 0. The van der Waals surface area contributed by atoms with Gasteiger partial charge in [0.05, 0.1) is 0 Å². The van der Waals surface area contributed by atoms with E-state index in [2.05, 4.69) is 280 Å². The second kappa shape index (κ2) is 48.7. The fourth-order valence-corrected chi connectivity index (χ4v) is 14.7. The van der Waals surface area contributed by atoms with E-state index in [1.165, 1.54) is 33.4 Å². The van der Waals surface area contributed by atoms with Crippen LogP contribution in [0, 0.1) is 43.3 Å². The van der Waals surface area contributed by atoms with Gasteiger partial charge in [-0.2, -0.15) is 0 Å². The third kappa shape index (κ3) is 28.9. The zero-order valence-corrected chi connectivity index (χ0v) is 86.1. The van der Waals surface area contributed by atoms with E-state index in [0.717, 1.165) is 106 Å². The first kappa shape index (κ1) is 103. The molecule has 8 heterocycles. The van der Waals surface area contributed by atoms with Crippen molar-refractivity contribution in [3.63, 3.8) is 0 Å². The maximum absolute atomic E-state index is 12.8. The quantitative estimate of drug-likeness (QED) is 0.0702. The minimum absolute atomic E-state index is 0. The molecule has 0 bridgehead atoms. The summed E-state index contributed by atoms with van der Waals surface area (Å²) < 4.78 is 0. The number of hydrogen-bond acceptors (Lipinski definition) is 13. The third-order valence-electron chi connectivity index (χ3n) is 22.8. The maximum atomic E-state index is 12.8. The molecular formula is C126H108Ir2N12O. The first-order chi connectivity index (χ1) is 67.3. The first-order valence-corrected chi connectivity index (χ1v) is 46.4. The second-order valence-corrected chi connectivity index (χ2v) is 37.3. The van der Waals surface area contributed by atoms with E-state index >= 15 is 0 Å². The van der Waals surface area contributed by atoms with Crippen LogP contribution in [0.15, 0.2) is 419 Å². The van der Waals surface area contributed by atoms with Gasteiger partial charge in [-0.25, -0.2) is 29.9 Å². The summed E-state index contributed by atoms with van der Waals surface area (Å²) in [5.74, 6) is 3.60. The second-order valence-electron chi connectivity index (χ2n) is 37.3. The van der Waals surface area contributed by atoms with Crippen LogP contribution >= 0.6 is 0 Å². The molecule has 696 valence electrons. The molecule has 20 rings (SSSR count). The van der Waals surface area contributed by atoms with E-state index in [4.69, 9.17) is 39.9 Å². The molecule has 12 aromatic carbocycles. The van der Waals surface area contributed by atoms with Gasteiger partial charge < -0.3 is 29.9 Å². The summed E-state index contributed by atoms with van der Waals surface area (Å²) in [5, 5.41) is 0. The van der Waals surface area contributed by atoms with Gasteiger partial charge >= 0.3 is 40.2 Å². The Morgan fingerprint density at radius 1 is 0.213 bits per heavy atom. The number of carbonyl (C=O) groups is 1. The van der Waals surface area contributed by atoms with Crippen molar-refractivity contribution in [3.8, 4) is 147 Å². The van der Waals surface area contributed by atoms with E-state index in [1.807, 2.05) is 249 Å². The van der Waals surface area contributed by atoms with Crippen molar-refractivity contribution in [2.45, 2.75) is 112 Å². The summed E-state index contributed by atoms with van der Waals surface area (Å²) in [6.45, 7) is 28.6. The van der Waals surface area contributed by atoms with Crippen LogP contribution in [0.5, 0.6) is 0 Å². The Balaban J connectivity index is 0.000000160. The number of ketones is 1. The van der Waals surface area contributed by atoms with Crippen molar-refractivity contribution in [1.82, 2.24) is 59.8 Å². The zero-order chi connectivity index (χ0) is 97.1. The molecular weight excluding hydrogens is 2080 g/mol. The number of nitrogens with zero attached hydrogens (tertiary/aromatic N) is 12. The van der Waals surface area contributed by atoms with E-state index in [-0.39, 0.29) is 67.7 Å². The van der Waals surface area contributed by atoms with Gasteiger partial charge in [0.1, 0.15) is 0 Å². The molecule has 0 spiro atoms. The molecule has 0 unspecified atom stereocenters. The van der Waals surface area contributed by atoms with Crippen LogP contribution in [-0.2, 0) is 61.9 Å². The zero-order valence-electron chi connectivity index (χ0n) is 81.3. The van der Waals surface area contributed by atoms with Crippen LogP contribution in [0.2, 0.25) is 0 Å². The van der Waals surface area contributed by atoms with Gasteiger partial charge in [0.2, 0.25) is 0 Å². The number of pyridine rings is 6. The normalized spacial score (nSPS) is 10.9. The van der Waals surface area contributed by atoms with Crippen LogP contribution in [0.25, 0.3) is 147 Å². The first-order valence-electron chi connectivity index (χ1n) is 46.4. The van der Waals surface area contributed by atoms with Gasteiger partial charge in [-0.15, -0.1) is 203 Å². The molecule has 15 heteroatoms. The average Bonchev–Trinajstić information content (AvgIpc) is 0.790. The number of hydrogen-bond donors (Lipinski definition) is 0. The number of rotatable bonds is 15. The van der Waals surface area contributed by atoms with Gasteiger partial charge in [-0.1, -0.05) is 330 Å². The molecule has 0 amide bonds. The molecule has 13 nitrogen and oxygen atoms in total. The van der Waals surface area contributed by atoms with Crippen LogP contribution in [0.3, 0.4) is 0 Å². The van der Waals surface area contributed by atoms with E-state index in [0.29, 0.717) is 46.1 Å². The number of aromatic nitrogens is 12. The molecule has 0 atom stereocenters. The number of aryl methyl sites for hydroxylation is 1. The van der Waals surface area contributed by atoms with E-state index in [9.17, 15) is 4.79 Å². The average molecular weight is 2190 g/mol. The molecule has 0 saturated carbocycles. The summed E-state index contributed by atoms with van der Waals surface area (Å²) in [4.78, 5) is 68.7. The van der Waals surface area contributed by atoms with Crippen molar-refractivity contribution < 1.29 is 45.0 Å². The molecule has 0 saturated heterocycles. The van der Waals surface area contributed by atoms with E-state index < -0.39 is 0 Å². The monoisotopic (exact) mass is 2190 g/mol. The molecule has 8 aromatic heterocycles. The summed E-state index contributed by atoms with van der Waals surface area (Å²) in [5.41, 5.74) is 26.8. The summed E-state index contributed by atoms with van der Waals surface area (Å²) in [7, 11) is 0. The third-order valence-corrected chi connectivity index (χ3v) is 22.8. The van der Waals surface area contributed by atoms with Crippen molar-refractivity contribution in [3.05, 3.63) is 495 Å². The maximum Gasteiger partial charge on any atom is 3.00 e. The SMILES string of the molecule is CC(C)(C)c1ccc(-c2nc(-c3ccc(C(C)(C)C)cc3)nc(-c3ccc(-c4[c-]cc(C(=O)c5ccccc5)cc4)nc3)n2)cc1.Cc1ccc(-c2c[c-]c(-c3ccc(-c4nc(-c5ccc(C(C)(C)C)cc5)nc(-c5ccc(C(C)(C)C)cc5)n4)cn3)cc2)cc1.[Ir+3].[Ir+3].[c-]1ccccc1-c1ccccn1.[c-]1ccccc1-c1ccccn1.[c-]1ccccc1-c1ccccn1.[c-]1ccccc1-c1ccccn1. The fourth-order valence-electron chi connectivity index (χ4n) is 14.7. The molecule has 0 aliphatic rings. The Kier molecular flexibility index (Phi) is 35.5. The van der Waals surface area contributed by atoms with Crippen LogP contribution in [0.1, 0.15) is 127 Å². The van der Waals surface area contributed by atoms with Gasteiger partial charge in [-0.3, -0.25) is 4.79 Å². The topological polar surface area (TPSA) is 172 Å². The minimum atomic E-state index is -0.0331. The smallest absolute Gasteiger partial charge is 0.305 e. The van der Waals surface area contributed by atoms with Crippen molar-refractivity contribution in [1.29, 1.82) is 0 Å². The van der Waals surface area contributed by atoms with Crippen molar-refractivity contribution >= 4 is 5.78 Å². The van der Waals surface area contributed by atoms with E-state index in [1.54, 1.807) is 37.1 Å². The van der Waals surface area contributed by atoms with Crippen molar-refractivity contribution in [2.24, 2.45) is 0 Å². The molecule has 0 radical (unpaired) electrons. The Labute approximate surface area is 857 Å². The Morgan fingerprint density at radius 2 is 0.468 bits per heavy atom. The van der Waals surface area contributed by atoms with Gasteiger partial charge in [0.25, 0.3) is 0 Å². The molecule has 0 aliphatic heterocycles. The van der Waals surface area contributed by atoms with Gasteiger partial charge in [-0.05, 0) is 109 Å². The van der Waals surface area contributed by atoms with Crippen molar-refractivity contribution in [2.75, 3.05) is 0 Å². The minimum Gasteiger partial charge on any atom is -0.305 e. The molecule has 20 aromatic rings. The van der Waals surface area contributed by atoms with Gasteiger partial charge in [0.15, 0.2) is 40.7 Å². The Bertz CT molecular complexity index is 6650. The largest absolute Gasteiger partial charge is 3.00 e. The fraction of sp³-hybridized carbons (Fsp3) is 0.135. The predicted molar refractivity (Wildman–Crippen MR) is 565 cm³/mol. The standard InChI is InChI=1S/C41H37N4O.C41H39N4.4C11H8N.2Ir/c1-40(2,3)33-21-16-30(17-22-33)37-43-38(31-18-23-34(24-19-31)41(4,5)6)45-39(44-37)32-20-25-35(42-26-32)27-12-14-29(15-13-27)36(46)28-10-8-7-9-11-28;1-27-8-10-28(11-9-27)29-12-14-30(15-13-29)36-25-20-33(26-42-36)39-44-37(31-16-21-34(22-17-31)40(2,3)4)43-38(45-39)32-18-23-35(24-19-32)41(5,6)7;4*1-2-6-10(7-3-1)11-8-4-5-9-12-11;;/h7-12,14-26H,1-6H3;8-14,16-26H,1-7H3;4*1-6,8-9H;;/q6*-1;2*+3. The Hall–Kier alpha value is -15.5.